The highest BCUT2D eigenvalue weighted by Gasteiger charge is 2.23. The third-order valence-electron chi connectivity index (χ3n) is 2.76. The number of benzene rings is 1. The van der Waals surface area contributed by atoms with Gasteiger partial charge in [-0.15, -0.1) is 0 Å². The molecular formula is C12H13FN4O4. The molecule has 1 aromatic rings. The largest absolute Gasteiger partial charge is 0.376 e. The Labute approximate surface area is 118 Å². The zero-order chi connectivity index (χ0) is 15.4. The minimum Gasteiger partial charge on any atom is -0.376 e. The van der Waals surface area contributed by atoms with Crippen LogP contribution in [0.25, 0.3) is 0 Å². The first kappa shape index (κ1) is 14.7. The Morgan fingerprint density at radius 1 is 1.38 bits per heavy atom. The van der Waals surface area contributed by atoms with Crippen LogP contribution in [0.3, 0.4) is 0 Å². The summed E-state index contributed by atoms with van der Waals surface area (Å²) in [7, 11) is 0. The number of nitro benzene ring substituents is 1. The average Bonchev–Trinajstić information content (AvgIpc) is 3.21. The van der Waals surface area contributed by atoms with Gasteiger partial charge in [0.25, 0.3) is 0 Å². The number of hydrogen-bond acceptors (Lipinski definition) is 5. The Bertz CT molecular complexity index is 589. The number of hydrogen-bond donors (Lipinski definition) is 3. The van der Waals surface area contributed by atoms with Crippen LogP contribution in [-0.4, -0.2) is 29.4 Å². The van der Waals surface area contributed by atoms with Crippen molar-refractivity contribution in [3.05, 3.63) is 34.1 Å². The molecule has 0 unspecified atom stereocenters. The number of nitro groups is 1. The first-order valence-electron chi connectivity index (χ1n) is 6.24. The summed E-state index contributed by atoms with van der Waals surface area (Å²) in [5.41, 5.74) is -0.479. The van der Waals surface area contributed by atoms with Crippen molar-refractivity contribution >= 4 is 23.3 Å². The fourth-order valence-electron chi connectivity index (χ4n) is 1.56. The summed E-state index contributed by atoms with van der Waals surface area (Å²) in [5, 5.41) is 17.8. The lowest BCUT2D eigenvalue weighted by molar-refractivity contribution is -0.387. The fraction of sp³-hybridized carbons (Fsp3) is 0.333. The van der Waals surface area contributed by atoms with E-state index < -0.39 is 28.4 Å². The number of anilines is 1. The van der Waals surface area contributed by atoms with E-state index in [4.69, 9.17) is 0 Å². The number of nitrogens with zero attached hydrogens (tertiary/aromatic N) is 1. The van der Waals surface area contributed by atoms with Gasteiger partial charge in [0, 0.05) is 17.8 Å². The number of amides is 3. The Morgan fingerprint density at radius 3 is 2.71 bits per heavy atom. The third kappa shape index (κ3) is 4.41. The summed E-state index contributed by atoms with van der Waals surface area (Å²) in [5.74, 6) is -1.56. The van der Waals surface area contributed by atoms with Crippen LogP contribution in [0.1, 0.15) is 12.8 Å². The Kier molecular flexibility index (Phi) is 4.31. The molecular weight excluding hydrogens is 283 g/mol. The lowest BCUT2D eigenvalue weighted by Gasteiger charge is -2.07. The van der Waals surface area contributed by atoms with E-state index in [0.717, 1.165) is 25.0 Å². The van der Waals surface area contributed by atoms with Gasteiger partial charge in [-0.1, -0.05) is 0 Å². The molecule has 3 amide bonds. The molecule has 1 fully saturated rings. The van der Waals surface area contributed by atoms with Crippen LogP contribution in [0, 0.1) is 15.9 Å². The number of nitrogens with one attached hydrogen (secondary N) is 3. The normalized spacial score (nSPS) is 13.4. The molecule has 21 heavy (non-hydrogen) atoms. The predicted octanol–water partition coefficient (Wildman–Crippen LogP) is 1.13. The van der Waals surface area contributed by atoms with Crippen LogP contribution < -0.4 is 16.0 Å². The third-order valence-corrected chi connectivity index (χ3v) is 2.76. The van der Waals surface area contributed by atoms with Gasteiger partial charge in [-0.05, 0) is 25.0 Å². The Hall–Kier alpha value is -2.71. The van der Waals surface area contributed by atoms with Crippen molar-refractivity contribution in [2.75, 3.05) is 11.9 Å². The SMILES string of the molecule is O=C(CNc1ccc(F)c([N+](=O)[O-])c1)NC(=O)NC1CC1. The molecule has 2 rings (SSSR count). The number of halogens is 1. The summed E-state index contributed by atoms with van der Waals surface area (Å²) < 4.78 is 13.1. The fourth-order valence-corrected chi connectivity index (χ4v) is 1.56. The van der Waals surface area contributed by atoms with E-state index in [-0.39, 0.29) is 18.3 Å². The van der Waals surface area contributed by atoms with E-state index >= 15 is 0 Å². The number of rotatable bonds is 5. The number of carbonyl (C=O) groups excluding carboxylic acids is 2. The van der Waals surface area contributed by atoms with E-state index in [2.05, 4.69) is 16.0 Å². The van der Waals surface area contributed by atoms with Crippen molar-refractivity contribution in [2.45, 2.75) is 18.9 Å². The van der Waals surface area contributed by atoms with Gasteiger partial charge in [0.15, 0.2) is 0 Å². The maximum Gasteiger partial charge on any atom is 0.321 e. The molecule has 1 aliphatic carbocycles. The Morgan fingerprint density at radius 2 is 2.10 bits per heavy atom. The maximum atomic E-state index is 13.1. The van der Waals surface area contributed by atoms with Crippen molar-refractivity contribution in [3.8, 4) is 0 Å². The summed E-state index contributed by atoms with van der Waals surface area (Å²) in [6, 6.07) is 2.73. The zero-order valence-corrected chi connectivity index (χ0v) is 10.9. The number of urea groups is 1. The van der Waals surface area contributed by atoms with Crippen LogP contribution in [0.5, 0.6) is 0 Å². The molecule has 1 aromatic carbocycles. The van der Waals surface area contributed by atoms with Crippen LogP contribution >= 0.6 is 0 Å². The highest BCUT2D eigenvalue weighted by Crippen LogP contribution is 2.21. The van der Waals surface area contributed by atoms with E-state index in [9.17, 15) is 24.1 Å². The average molecular weight is 296 g/mol. The molecule has 8 nitrogen and oxygen atoms in total. The monoisotopic (exact) mass is 296 g/mol. The van der Waals surface area contributed by atoms with Crippen molar-refractivity contribution in [2.24, 2.45) is 0 Å². The topological polar surface area (TPSA) is 113 Å². The molecule has 1 aliphatic rings. The highest BCUT2D eigenvalue weighted by molar-refractivity contribution is 5.96. The van der Waals surface area contributed by atoms with Gasteiger partial charge >= 0.3 is 11.7 Å². The zero-order valence-electron chi connectivity index (χ0n) is 10.9. The van der Waals surface area contributed by atoms with E-state index in [1.54, 1.807) is 0 Å². The standard InChI is InChI=1S/C12H13FN4O4/c13-9-4-3-8(5-10(9)17(20)21)14-6-11(18)16-12(19)15-7-1-2-7/h3-5,7,14H,1-2,6H2,(H2,15,16,18,19). The number of carbonyl (C=O) groups is 2. The van der Waals surface area contributed by atoms with Crippen LogP contribution in [0.15, 0.2) is 18.2 Å². The van der Waals surface area contributed by atoms with Gasteiger partial charge in [-0.2, -0.15) is 4.39 Å². The maximum absolute atomic E-state index is 13.1. The molecule has 0 saturated heterocycles. The van der Waals surface area contributed by atoms with E-state index in [1.807, 2.05) is 0 Å². The summed E-state index contributed by atoms with van der Waals surface area (Å²) in [6.07, 6.45) is 1.80. The molecule has 0 heterocycles. The van der Waals surface area contributed by atoms with Gasteiger partial charge in [0.05, 0.1) is 11.5 Å². The van der Waals surface area contributed by atoms with Gasteiger partial charge in [-0.3, -0.25) is 20.2 Å². The minimum absolute atomic E-state index is 0.130. The summed E-state index contributed by atoms with van der Waals surface area (Å²) >= 11 is 0. The van der Waals surface area contributed by atoms with Crippen molar-refractivity contribution < 1.29 is 18.9 Å². The molecule has 0 atom stereocenters. The lowest BCUT2D eigenvalue weighted by Crippen LogP contribution is -2.42. The molecule has 112 valence electrons. The van der Waals surface area contributed by atoms with Crippen molar-refractivity contribution in [1.82, 2.24) is 10.6 Å². The first-order chi connectivity index (χ1) is 9.95. The molecule has 1 saturated carbocycles. The minimum atomic E-state index is -0.959. The van der Waals surface area contributed by atoms with E-state index in [1.165, 1.54) is 6.07 Å². The highest BCUT2D eigenvalue weighted by atomic mass is 19.1. The van der Waals surface area contributed by atoms with E-state index in [0.29, 0.717) is 0 Å². The second kappa shape index (κ2) is 6.16. The van der Waals surface area contributed by atoms with Crippen LogP contribution in [0.2, 0.25) is 0 Å². The van der Waals surface area contributed by atoms with Gasteiger partial charge in [0.1, 0.15) is 0 Å². The molecule has 0 radical (unpaired) electrons. The van der Waals surface area contributed by atoms with Gasteiger partial charge in [-0.25, -0.2) is 4.79 Å². The van der Waals surface area contributed by atoms with Gasteiger partial charge < -0.3 is 10.6 Å². The first-order valence-corrected chi connectivity index (χ1v) is 6.24. The Balaban J connectivity index is 1.84. The molecule has 0 bridgehead atoms. The second-order valence-corrected chi connectivity index (χ2v) is 4.57. The summed E-state index contributed by atoms with van der Waals surface area (Å²) in [6.45, 7) is -0.263. The van der Waals surface area contributed by atoms with Crippen molar-refractivity contribution in [3.63, 3.8) is 0 Å². The molecule has 0 aliphatic heterocycles. The second-order valence-electron chi connectivity index (χ2n) is 4.57. The smallest absolute Gasteiger partial charge is 0.321 e. The molecule has 9 heteroatoms. The number of imide groups is 1. The quantitative estimate of drug-likeness (QED) is 0.557. The van der Waals surface area contributed by atoms with Gasteiger partial charge in [0.2, 0.25) is 11.7 Å². The van der Waals surface area contributed by atoms with Crippen molar-refractivity contribution in [1.29, 1.82) is 0 Å². The molecule has 3 N–H and O–H groups in total. The summed E-state index contributed by atoms with van der Waals surface area (Å²) in [4.78, 5) is 32.5. The molecule has 0 spiro atoms. The molecule has 0 aromatic heterocycles. The predicted molar refractivity (Wildman–Crippen MR) is 71.2 cm³/mol. The lowest BCUT2D eigenvalue weighted by atomic mass is 10.2. The van der Waals surface area contributed by atoms with Crippen LogP contribution in [-0.2, 0) is 4.79 Å². The van der Waals surface area contributed by atoms with Crippen LogP contribution in [0.4, 0.5) is 20.6 Å².